The standard InChI is InChI=1S/C19H27FN4S/c1-21-19(24(4)11-10-17-9-6-12-25-17)22-14-18(23(2)3)15-7-5-8-16(20)13-15/h5-9,12-13,18H,10-11,14H2,1-4H3,(H,21,22). The van der Waals surface area contributed by atoms with Gasteiger partial charge in [-0.25, -0.2) is 4.39 Å². The smallest absolute Gasteiger partial charge is 0.193 e. The molecule has 25 heavy (non-hydrogen) atoms. The van der Waals surface area contributed by atoms with E-state index in [0.29, 0.717) is 6.54 Å². The molecule has 1 aromatic heterocycles. The average molecular weight is 363 g/mol. The van der Waals surface area contributed by atoms with Gasteiger partial charge in [-0.15, -0.1) is 11.3 Å². The van der Waals surface area contributed by atoms with Gasteiger partial charge in [-0.1, -0.05) is 18.2 Å². The fraction of sp³-hybridized carbons (Fsp3) is 0.421. The van der Waals surface area contributed by atoms with Crippen molar-refractivity contribution in [3.05, 3.63) is 58.0 Å². The van der Waals surface area contributed by atoms with Crippen LogP contribution >= 0.6 is 11.3 Å². The van der Waals surface area contributed by atoms with Crippen LogP contribution in [0.2, 0.25) is 0 Å². The molecule has 1 heterocycles. The van der Waals surface area contributed by atoms with E-state index in [2.05, 4.69) is 37.6 Å². The van der Waals surface area contributed by atoms with Gasteiger partial charge in [0.25, 0.3) is 0 Å². The Morgan fingerprint density at radius 3 is 2.64 bits per heavy atom. The van der Waals surface area contributed by atoms with Crippen molar-refractivity contribution in [2.75, 3.05) is 41.3 Å². The van der Waals surface area contributed by atoms with Crippen molar-refractivity contribution in [3.63, 3.8) is 0 Å². The number of aliphatic imine (C=N–C) groups is 1. The Morgan fingerprint density at radius 1 is 1.24 bits per heavy atom. The number of rotatable bonds is 7. The van der Waals surface area contributed by atoms with E-state index in [-0.39, 0.29) is 11.9 Å². The first-order valence-electron chi connectivity index (χ1n) is 8.37. The maximum Gasteiger partial charge on any atom is 0.193 e. The lowest BCUT2D eigenvalue weighted by atomic mass is 10.1. The maximum atomic E-state index is 13.5. The number of nitrogens with one attached hydrogen (secondary N) is 1. The van der Waals surface area contributed by atoms with Gasteiger partial charge in [-0.3, -0.25) is 4.99 Å². The zero-order chi connectivity index (χ0) is 18.2. The molecular weight excluding hydrogens is 335 g/mol. The molecule has 1 unspecified atom stereocenters. The molecule has 0 bridgehead atoms. The predicted molar refractivity (Wildman–Crippen MR) is 105 cm³/mol. The van der Waals surface area contributed by atoms with Gasteiger partial charge in [-0.2, -0.15) is 0 Å². The van der Waals surface area contributed by atoms with E-state index in [0.717, 1.165) is 24.5 Å². The van der Waals surface area contributed by atoms with Crippen LogP contribution in [0.5, 0.6) is 0 Å². The van der Waals surface area contributed by atoms with Crippen LogP contribution in [0.1, 0.15) is 16.5 Å². The summed E-state index contributed by atoms with van der Waals surface area (Å²) in [5.74, 6) is 0.640. The topological polar surface area (TPSA) is 30.9 Å². The highest BCUT2D eigenvalue weighted by Crippen LogP contribution is 2.18. The van der Waals surface area contributed by atoms with Gasteiger partial charge in [0.05, 0.1) is 6.04 Å². The van der Waals surface area contributed by atoms with Crippen molar-refractivity contribution in [1.82, 2.24) is 15.1 Å². The van der Waals surface area contributed by atoms with E-state index in [4.69, 9.17) is 0 Å². The molecular formula is C19H27FN4S. The molecule has 2 aromatic rings. The summed E-state index contributed by atoms with van der Waals surface area (Å²) in [6.45, 7) is 1.55. The fourth-order valence-electron chi connectivity index (χ4n) is 2.72. The molecule has 0 aliphatic heterocycles. The van der Waals surface area contributed by atoms with Crippen LogP contribution in [0.15, 0.2) is 46.8 Å². The Balaban J connectivity index is 1.95. The van der Waals surface area contributed by atoms with Gasteiger partial charge in [0.2, 0.25) is 0 Å². The second kappa shape index (κ2) is 9.53. The zero-order valence-electron chi connectivity index (χ0n) is 15.4. The molecule has 0 spiro atoms. The van der Waals surface area contributed by atoms with E-state index in [9.17, 15) is 4.39 Å². The molecule has 0 radical (unpaired) electrons. The first kappa shape index (κ1) is 19.4. The van der Waals surface area contributed by atoms with E-state index in [1.54, 1.807) is 30.5 Å². The summed E-state index contributed by atoms with van der Waals surface area (Å²) in [5.41, 5.74) is 0.953. The number of nitrogens with zero attached hydrogens (tertiary/aromatic N) is 3. The summed E-state index contributed by atoms with van der Waals surface area (Å²) in [5, 5.41) is 5.51. The summed E-state index contributed by atoms with van der Waals surface area (Å²) < 4.78 is 13.5. The third-order valence-corrected chi connectivity index (χ3v) is 5.09. The number of thiophene rings is 1. The van der Waals surface area contributed by atoms with E-state index >= 15 is 0 Å². The highest BCUT2D eigenvalue weighted by Gasteiger charge is 2.16. The Hall–Kier alpha value is -1.92. The number of halogens is 1. The summed E-state index contributed by atoms with van der Waals surface area (Å²) in [6, 6.07) is 11.1. The molecule has 1 aromatic carbocycles. The van der Waals surface area contributed by atoms with Gasteiger partial charge in [0.15, 0.2) is 5.96 Å². The van der Waals surface area contributed by atoms with Crippen molar-refractivity contribution in [3.8, 4) is 0 Å². The largest absolute Gasteiger partial charge is 0.354 e. The summed E-state index contributed by atoms with van der Waals surface area (Å²) >= 11 is 1.78. The van der Waals surface area contributed by atoms with Crippen molar-refractivity contribution < 1.29 is 4.39 Å². The van der Waals surface area contributed by atoms with Gasteiger partial charge in [-0.05, 0) is 49.7 Å². The Labute approximate surface area is 154 Å². The Bertz CT molecular complexity index is 670. The first-order chi connectivity index (χ1) is 12.0. The third kappa shape index (κ3) is 5.83. The molecule has 6 heteroatoms. The van der Waals surface area contributed by atoms with Crippen LogP contribution < -0.4 is 5.32 Å². The predicted octanol–water partition coefficient (Wildman–Crippen LogP) is 3.24. The zero-order valence-corrected chi connectivity index (χ0v) is 16.2. The quantitative estimate of drug-likeness (QED) is 0.606. The highest BCUT2D eigenvalue weighted by molar-refractivity contribution is 7.09. The van der Waals surface area contributed by atoms with Crippen molar-refractivity contribution >= 4 is 17.3 Å². The molecule has 2 rings (SSSR count). The van der Waals surface area contributed by atoms with Crippen LogP contribution in [-0.4, -0.2) is 57.0 Å². The lowest BCUT2D eigenvalue weighted by Crippen LogP contribution is -2.43. The van der Waals surface area contributed by atoms with Crippen LogP contribution in [0.4, 0.5) is 4.39 Å². The normalized spacial score (nSPS) is 13.1. The molecule has 0 amide bonds. The lowest BCUT2D eigenvalue weighted by molar-refractivity contribution is 0.295. The van der Waals surface area contributed by atoms with Crippen molar-refractivity contribution in [2.24, 2.45) is 4.99 Å². The van der Waals surface area contributed by atoms with Crippen molar-refractivity contribution in [2.45, 2.75) is 12.5 Å². The second-order valence-electron chi connectivity index (χ2n) is 6.21. The van der Waals surface area contributed by atoms with Crippen LogP contribution in [-0.2, 0) is 6.42 Å². The van der Waals surface area contributed by atoms with E-state index < -0.39 is 0 Å². The average Bonchev–Trinajstić information content (AvgIpc) is 3.10. The van der Waals surface area contributed by atoms with Gasteiger partial charge in [0.1, 0.15) is 5.82 Å². The van der Waals surface area contributed by atoms with Crippen LogP contribution in [0.3, 0.4) is 0 Å². The third-order valence-electron chi connectivity index (χ3n) is 4.16. The SMILES string of the molecule is CN=C(NCC(c1cccc(F)c1)N(C)C)N(C)CCc1cccs1. The summed E-state index contributed by atoms with van der Waals surface area (Å²) in [7, 11) is 7.83. The minimum atomic E-state index is -0.207. The van der Waals surface area contributed by atoms with Crippen LogP contribution in [0.25, 0.3) is 0 Å². The lowest BCUT2D eigenvalue weighted by Gasteiger charge is -2.28. The summed E-state index contributed by atoms with van der Waals surface area (Å²) in [6.07, 6.45) is 0.996. The van der Waals surface area contributed by atoms with Crippen LogP contribution in [0, 0.1) is 5.82 Å². The molecule has 0 saturated carbocycles. The molecule has 4 nitrogen and oxygen atoms in total. The molecule has 0 aliphatic rings. The molecule has 0 fully saturated rings. The number of guanidine groups is 1. The Morgan fingerprint density at radius 2 is 2.04 bits per heavy atom. The van der Waals surface area contributed by atoms with E-state index in [1.165, 1.54) is 10.9 Å². The second-order valence-corrected chi connectivity index (χ2v) is 7.25. The monoisotopic (exact) mass is 362 g/mol. The maximum absolute atomic E-state index is 13.5. The fourth-order valence-corrected chi connectivity index (χ4v) is 3.42. The molecule has 136 valence electrons. The molecule has 0 saturated heterocycles. The number of hydrogen-bond donors (Lipinski definition) is 1. The van der Waals surface area contributed by atoms with Gasteiger partial charge >= 0.3 is 0 Å². The number of benzene rings is 1. The van der Waals surface area contributed by atoms with Crippen molar-refractivity contribution in [1.29, 1.82) is 0 Å². The Kier molecular flexibility index (Phi) is 7.40. The minimum Gasteiger partial charge on any atom is -0.354 e. The van der Waals surface area contributed by atoms with Gasteiger partial charge in [0, 0.05) is 32.1 Å². The highest BCUT2D eigenvalue weighted by atomic mass is 32.1. The summed E-state index contributed by atoms with van der Waals surface area (Å²) in [4.78, 5) is 9.95. The first-order valence-corrected chi connectivity index (χ1v) is 9.25. The van der Waals surface area contributed by atoms with Gasteiger partial charge < -0.3 is 15.1 Å². The number of hydrogen-bond acceptors (Lipinski definition) is 3. The molecule has 1 N–H and O–H groups in total. The number of likely N-dealkylation sites (N-methyl/N-ethyl adjacent to an activating group) is 2. The molecule has 1 atom stereocenters. The van der Waals surface area contributed by atoms with E-state index in [1.807, 2.05) is 27.2 Å². The minimum absolute atomic E-state index is 0.0677. The molecule has 0 aliphatic carbocycles.